The monoisotopic (exact) mass is 467 g/mol. The SMILES string of the molecule is Cn1cnnc1Sc1ccc(C(=O)Nc2ccc(Br)cc2Cl)cc1[N+](=O)[O-]. The fourth-order valence-electron chi connectivity index (χ4n) is 2.14. The number of amides is 1. The standard InChI is InChI=1S/C16H11BrClN5O3S/c1-22-8-19-21-16(22)27-14-5-2-9(6-13(14)23(25)26)15(24)20-12-4-3-10(17)7-11(12)18/h2-8H,1H3,(H,20,24). The molecule has 1 aromatic heterocycles. The smallest absolute Gasteiger partial charge is 0.284 e. The van der Waals surface area contributed by atoms with Crippen LogP contribution in [0.25, 0.3) is 0 Å². The molecule has 0 radical (unpaired) electrons. The Morgan fingerprint density at radius 1 is 1.33 bits per heavy atom. The van der Waals surface area contributed by atoms with Gasteiger partial charge in [-0.25, -0.2) is 0 Å². The lowest BCUT2D eigenvalue weighted by Crippen LogP contribution is -2.12. The Morgan fingerprint density at radius 3 is 2.74 bits per heavy atom. The third-order valence-electron chi connectivity index (χ3n) is 3.47. The van der Waals surface area contributed by atoms with Crippen molar-refractivity contribution in [1.29, 1.82) is 0 Å². The van der Waals surface area contributed by atoms with Crippen LogP contribution in [0.5, 0.6) is 0 Å². The van der Waals surface area contributed by atoms with Gasteiger partial charge >= 0.3 is 0 Å². The normalized spacial score (nSPS) is 10.6. The number of rotatable bonds is 5. The summed E-state index contributed by atoms with van der Waals surface area (Å²) in [5.41, 5.74) is 0.352. The number of aryl methyl sites for hydroxylation is 1. The van der Waals surface area contributed by atoms with Crippen molar-refractivity contribution in [3.63, 3.8) is 0 Å². The lowest BCUT2D eigenvalue weighted by molar-refractivity contribution is -0.387. The van der Waals surface area contributed by atoms with Crippen molar-refractivity contribution in [3.8, 4) is 0 Å². The van der Waals surface area contributed by atoms with E-state index in [1.54, 1.807) is 29.8 Å². The number of benzene rings is 2. The van der Waals surface area contributed by atoms with Crippen LogP contribution in [0.4, 0.5) is 11.4 Å². The second kappa shape index (κ2) is 8.07. The van der Waals surface area contributed by atoms with E-state index in [2.05, 4.69) is 31.4 Å². The summed E-state index contributed by atoms with van der Waals surface area (Å²) in [5.74, 6) is -0.502. The summed E-state index contributed by atoms with van der Waals surface area (Å²) < 4.78 is 2.41. The zero-order valence-electron chi connectivity index (χ0n) is 13.7. The van der Waals surface area contributed by atoms with Crippen LogP contribution in [0.2, 0.25) is 5.02 Å². The van der Waals surface area contributed by atoms with Crippen LogP contribution in [-0.4, -0.2) is 25.6 Å². The topological polar surface area (TPSA) is 103 Å². The van der Waals surface area contributed by atoms with Crippen LogP contribution in [0.15, 0.2) is 57.3 Å². The summed E-state index contributed by atoms with van der Waals surface area (Å²) in [4.78, 5) is 23.7. The van der Waals surface area contributed by atoms with Gasteiger partial charge in [0.15, 0.2) is 5.16 Å². The summed E-state index contributed by atoms with van der Waals surface area (Å²) in [5, 5.41) is 22.6. The molecule has 11 heteroatoms. The number of nitrogens with one attached hydrogen (secondary N) is 1. The van der Waals surface area contributed by atoms with Gasteiger partial charge in [-0.2, -0.15) is 0 Å². The molecule has 1 heterocycles. The molecular weight excluding hydrogens is 458 g/mol. The summed E-state index contributed by atoms with van der Waals surface area (Å²) in [7, 11) is 1.73. The van der Waals surface area contributed by atoms with E-state index in [1.165, 1.54) is 24.5 Å². The Hall–Kier alpha value is -2.43. The fourth-order valence-corrected chi connectivity index (χ4v) is 3.71. The summed E-state index contributed by atoms with van der Waals surface area (Å²) >= 11 is 10.5. The lowest BCUT2D eigenvalue weighted by atomic mass is 10.2. The number of nitro benzene ring substituents is 1. The van der Waals surface area contributed by atoms with E-state index in [-0.39, 0.29) is 11.3 Å². The highest BCUT2D eigenvalue weighted by atomic mass is 79.9. The first kappa shape index (κ1) is 19.3. The minimum atomic E-state index is -0.540. The molecule has 2 aromatic carbocycles. The highest BCUT2D eigenvalue weighted by Crippen LogP contribution is 2.34. The van der Waals surface area contributed by atoms with Gasteiger partial charge in [0.1, 0.15) is 6.33 Å². The molecule has 0 aliphatic carbocycles. The average Bonchev–Trinajstić information content (AvgIpc) is 3.02. The van der Waals surface area contributed by atoms with E-state index in [0.717, 1.165) is 16.2 Å². The average molecular weight is 469 g/mol. The molecule has 8 nitrogen and oxygen atoms in total. The van der Waals surface area contributed by atoms with Crippen LogP contribution >= 0.6 is 39.3 Å². The number of carbonyl (C=O) groups is 1. The van der Waals surface area contributed by atoms with Crippen LogP contribution in [0.1, 0.15) is 10.4 Å². The first-order chi connectivity index (χ1) is 12.8. The Bertz CT molecular complexity index is 1040. The van der Waals surface area contributed by atoms with Gasteiger partial charge in [-0.05, 0) is 42.1 Å². The molecule has 138 valence electrons. The molecule has 1 N–H and O–H groups in total. The molecule has 3 rings (SSSR count). The van der Waals surface area contributed by atoms with Crippen molar-refractivity contribution in [1.82, 2.24) is 14.8 Å². The Labute approximate surface area is 171 Å². The zero-order chi connectivity index (χ0) is 19.6. The van der Waals surface area contributed by atoms with Crippen LogP contribution in [0, 0.1) is 10.1 Å². The van der Waals surface area contributed by atoms with Crippen molar-refractivity contribution >= 4 is 56.6 Å². The highest BCUT2D eigenvalue weighted by Gasteiger charge is 2.20. The molecule has 3 aromatic rings. The fraction of sp³-hybridized carbons (Fsp3) is 0.0625. The first-order valence-corrected chi connectivity index (χ1v) is 9.40. The first-order valence-electron chi connectivity index (χ1n) is 7.42. The molecule has 0 spiro atoms. The molecular formula is C16H11BrClN5O3S. The number of carbonyl (C=O) groups excluding carboxylic acids is 1. The minimum Gasteiger partial charge on any atom is -0.321 e. The number of hydrogen-bond acceptors (Lipinski definition) is 6. The van der Waals surface area contributed by atoms with Crippen molar-refractivity contribution in [2.45, 2.75) is 10.1 Å². The van der Waals surface area contributed by atoms with Gasteiger partial charge in [0, 0.05) is 23.2 Å². The van der Waals surface area contributed by atoms with Gasteiger partial charge in [-0.15, -0.1) is 10.2 Å². The number of nitro groups is 1. The Balaban J connectivity index is 1.88. The molecule has 0 aliphatic heterocycles. The van der Waals surface area contributed by atoms with E-state index in [9.17, 15) is 14.9 Å². The second-order valence-corrected chi connectivity index (χ2v) is 7.68. The highest BCUT2D eigenvalue weighted by molar-refractivity contribution is 9.10. The van der Waals surface area contributed by atoms with E-state index in [1.807, 2.05) is 0 Å². The Kier molecular flexibility index (Phi) is 5.78. The van der Waals surface area contributed by atoms with Gasteiger partial charge in [0.25, 0.3) is 11.6 Å². The zero-order valence-corrected chi connectivity index (χ0v) is 16.9. The number of aromatic nitrogens is 3. The molecule has 0 atom stereocenters. The quantitative estimate of drug-likeness (QED) is 0.435. The number of halogens is 2. The van der Waals surface area contributed by atoms with Crippen LogP contribution in [0.3, 0.4) is 0 Å². The molecule has 0 saturated heterocycles. The predicted octanol–water partition coefficient (Wildman–Crippen LogP) is 4.54. The summed E-state index contributed by atoms with van der Waals surface area (Å²) in [6.07, 6.45) is 1.50. The third kappa shape index (κ3) is 4.46. The van der Waals surface area contributed by atoms with E-state index < -0.39 is 10.8 Å². The van der Waals surface area contributed by atoms with E-state index >= 15 is 0 Å². The minimum absolute atomic E-state index is 0.142. The maximum Gasteiger partial charge on any atom is 0.284 e. The molecule has 0 bridgehead atoms. The summed E-state index contributed by atoms with van der Waals surface area (Å²) in [6, 6.07) is 9.24. The third-order valence-corrected chi connectivity index (χ3v) is 5.39. The predicted molar refractivity (Wildman–Crippen MR) is 105 cm³/mol. The van der Waals surface area contributed by atoms with Crippen molar-refractivity contribution in [3.05, 3.63) is 67.9 Å². The largest absolute Gasteiger partial charge is 0.321 e. The molecule has 0 fully saturated rings. The molecule has 0 saturated carbocycles. The van der Waals surface area contributed by atoms with Gasteiger partial charge in [0.05, 0.1) is 20.5 Å². The number of hydrogen-bond donors (Lipinski definition) is 1. The van der Waals surface area contributed by atoms with Crippen molar-refractivity contribution < 1.29 is 9.72 Å². The maximum atomic E-state index is 12.5. The second-order valence-electron chi connectivity index (χ2n) is 5.34. The number of anilines is 1. The van der Waals surface area contributed by atoms with E-state index in [4.69, 9.17) is 11.6 Å². The van der Waals surface area contributed by atoms with Crippen molar-refractivity contribution in [2.75, 3.05) is 5.32 Å². The van der Waals surface area contributed by atoms with Crippen LogP contribution < -0.4 is 5.32 Å². The molecule has 0 unspecified atom stereocenters. The van der Waals surface area contributed by atoms with Crippen LogP contribution in [-0.2, 0) is 7.05 Å². The molecule has 27 heavy (non-hydrogen) atoms. The van der Waals surface area contributed by atoms with Gasteiger partial charge in [-0.1, -0.05) is 27.5 Å². The Morgan fingerprint density at radius 2 is 2.11 bits per heavy atom. The van der Waals surface area contributed by atoms with Gasteiger partial charge in [0.2, 0.25) is 0 Å². The maximum absolute atomic E-state index is 12.5. The molecule has 1 amide bonds. The van der Waals surface area contributed by atoms with Gasteiger partial charge < -0.3 is 9.88 Å². The molecule has 0 aliphatic rings. The summed E-state index contributed by atoms with van der Waals surface area (Å²) in [6.45, 7) is 0. The van der Waals surface area contributed by atoms with E-state index in [0.29, 0.717) is 20.8 Å². The van der Waals surface area contributed by atoms with Crippen molar-refractivity contribution in [2.24, 2.45) is 7.05 Å². The van der Waals surface area contributed by atoms with Gasteiger partial charge in [-0.3, -0.25) is 14.9 Å². The lowest BCUT2D eigenvalue weighted by Gasteiger charge is -2.09. The number of nitrogens with zero attached hydrogens (tertiary/aromatic N) is 4.